The summed E-state index contributed by atoms with van der Waals surface area (Å²) in [5.74, 6) is -1.02. The molecule has 0 radical (unpaired) electrons. The minimum atomic E-state index is -4.24. The lowest BCUT2D eigenvalue weighted by Gasteiger charge is -2.12. The predicted molar refractivity (Wildman–Crippen MR) is 97.2 cm³/mol. The van der Waals surface area contributed by atoms with Gasteiger partial charge in [0.05, 0.1) is 6.61 Å². The highest BCUT2D eigenvalue weighted by molar-refractivity contribution is 7.95. The number of nitrogens with zero attached hydrogens (tertiary/aromatic N) is 2. The van der Waals surface area contributed by atoms with Crippen LogP contribution in [0.2, 0.25) is 0 Å². The van der Waals surface area contributed by atoms with E-state index < -0.39 is 20.9 Å². The van der Waals surface area contributed by atoms with Crippen LogP contribution in [0.25, 0.3) is 0 Å². The number of rotatable bonds is 8. The van der Waals surface area contributed by atoms with E-state index in [2.05, 4.69) is 14.6 Å². The molecule has 4 N–H and O–H groups in total. The smallest absolute Gasteiger partial charge is 0.351 e. The zero-order valence-electron chi connectivity index (χ0n) is 14.6. The number of hydrogen-bond acceptors (Lipinski definition) is 7. The monoisotopic (exact) mass is 382 g/mol. The van der Waals surface area contributed by atoms with Crippen molar-refractivity contribution >= 4 is 21.8 Å². The van der Waals surface area contributed by atoms with Gasteiger partial charge in [0.1, 0.15) is 11.4 Å². The summed E-state index contributed by atoms with van der Waals surface area (Å²) in [4.78, 5) is 12.1. The molecule has 0 spiro atoms. The van der Waals surface area contributed by atoms with Gasteiger partial charge in [-0.05, 0) is 38.2 Å². The first kappa shape index (κ1) is 19.7. The summed E-state index contributed by atoms with van der Waals surface area (Å²) in [5, 5.41) is 11.6. The molecular weight excluding hydrogens is 360 g/mol. The molecule has 2 rings (SSSR count). The van der Waals surface area contributed by atoms with Gasteiger partial charge in [0, 0.05) is 13.1 Å². The van der Waals surface area contributed by atoms with E-state index in [4.69, 9.17) is 15.6 Å². The zero-order chi connectivity index (χ0) is 19.3. The second kappa shape index (κ2) is 8.19. The molecule has 0 aliphatic carbocycles. The van der Waals surface area contributed by atoms with Gasteiger partial charge in [0.2, 0.25) is 4.91 Å². The average Bonchev–Trinajstić information content (AvgIpc) is 2.75. The van der Waals surface area contributed by atoms with Gasteiger partial charge < -0.3 is 25.8 Å². The number of nitrogens with one attached hydrogen (secondary N) is 1. The highest BCUT2D eigenvalue weighted by Crippen LogP contribution is 2.20. The first-order valence-electron chi connectivity index (χ1n) is 7.89. The van der Waals surface area contributed by atoms with Crippen LogP contribution in [0, 0.1) is 0 Å². The summed E-state index contributed by atoms with van der Waals surface area (Å²) < 4.78 is 32.3. The fraction of sp³-hybridized carbons (Fsp3) is 0.375. The van der Waals surface area contributed by atoms with E-state index in [0.29, 0.717) is 19.6 Å². The third-order valence-electron chi connectivity index (χ3n) is 3.44. The van der Waals surface area contributed by atoms with Crippen molar-refractivity contribution < 1.29 is 23.1 Å². The van der Waals surface area contributed by atoms with Crippen LogP contribution in [0.1, 0.15) is 12.0 Å². The third kappa shape index (κ3) is 4.96. The molecule has 0 saturated heterocycles. The molecule has 1 aliphatic rings. The minimum absolute atomic E-state index is 0.143. The van der Waals surface area contributed by atoms with Gasteiger partial charge in [-0.2, -0.15) is 8.42 Å². The number of aliphatic carboxylic acids is 1. The quantitative estimate of drug-likeness (QED) is 0.539. The van der Waals surface area contributed by atoms with Crippen molar-refractivity contribution in [3.63, 3.8) is 0 Å². The number of amidine groups is 1. The summed E-state index contributed by atoms with van der Waals surface area (Å²) in [6.07, 6.45) is 0.548. The zero-order valence-corrected chi connectivity index (χ0v) is 15.4. The Kier molecular flexibility index (Phi) is 6.22. The number of sulfonamides is 1. The Balaban J connectivity index is 1.82. The van der Waals surface area contributed by atoms with Crippen molar-refractivity contribution in [1.82, 2.24) is 10.2 Å². The summed E-state index contributed by atoms with van der Waals surface area (Å²) in [5.41, 5.74) is 6.31. The van der Waals surface area contributed by atoms with Crippen LogP contribution in [0.4, 0.5) is 0 Å². The lowest BCUT2D eigenvalue weighted by molar-refractivity contribution is -0.131. The standard InChI is InChI=1S/C16H22N4O5S/c1-20(2)10-11-5-3-6-12(9-11)25-8-4-7-18-15-13(17)14(16(21)22)26(23,24)19-15/h3,5-6,9H,4,7-8,10,17H2,1-2H3,(H,18,19)(H,21,22). The highest BCUT2D eigenvalue weighted by atomic mass is 32.2. The Morgan fingerprint density at radius 1 is 1.38 bits per heavy atom. The van der Waals surface area contributed by atoms with Crippen LogP contribution in [0.15, 0.2) is 39.3 Å². The number of benzene rings is 1. The molecule has 0 aromatic heterocycles. The second-order valence-corrected chi connectivity index (χ2v) is 7.52. The van der Waals surface area contributed by atoms with Gasteiger partial charge in [-0.3, -0.25) is 0 Å². The molecule has 1 aromatic rings. The van der Waals surface area contributed by atoms with E-state index in [1.165, 1.54) is 0 Å². The molecule has 0 amide bonds. The fourth-order valence-electron chi connectivity index (χ4n) is 2.38. The summed E-state index contributed by atoms with van der Waals surface area (Å²) in [6, 6.07) is 7.76. The Morgan fingerprint density at radius 3 is 2.73 bits per heavy atom. The number of nitrogens with two attached hydrogens (primary N) is 1. The highest BCUT2D eigenvalue weighted by Gasteiger charge is 2.35. The molecule has 0 unspecified atom stereocenters. The lowest BCUT2D eigenvalue weighted by atomic mass is 10.2. The van der Waals surface area contributed by atoms with Crippen molar-refractivity contribution in [2.24, 2.45) is 10.1 Å². The number of ether oxygens (including phenoxy) is 1. The van der Waals surface area contributed by atoms with Gasteiger partial charge in [-0.1, -0.05) is 12.1 Å². The van der Waals surface area contributed by atoms with Crippen molar-refractivity contribution in [2.75, 3.05) is 27.2 Å². The Morgan fingerprint density at radius 2 is 2.12 bits per heavy atom. The van der Waals surface area contributed by atoms with Crippen LogP contribution in [-0.4, -0.2) is 57.5 Å². The summed E-state index contributed by atoms with van der Waals surface area (Å²) >= 11 is 0. The molecule has 0 saturated carbocycles. The van der Waals surface area contributed by atoms with Crippen LogP contribution in [0.5, 0.6) is 5.75 Å². The maximum absolute atomic E-state index is 11.6. The van der Waals surface area contributed by atoms with Gasteiger partial charge in [-0.15, -0.1) is 4.40 Å². The average molecular weight is 382 g/mol. The maximum Gasteiger partial charge on any atom is 0.351 e. The van der Waals surface area contributed by atoms with Gasteiger partial charge in [0.25, 0.3) is 10.0 Å². The fourth-order valence-corrected chi connectivity index (χ4v) is 3.47. The number of carboxylic acids is 1. The van der Waals surface area contributed by atoms with Crippen LogP contribution in [0.3, 0.4) is 0 Å². The van der Waals surface area contributed by atoms with E-state index in [9.17, 15) is 13.2 Å². The molecule has 9 nitrogen and oxygen atoms in total. The Labute approximate surface area is 152 Å². The van der Waals surface area contributed by atoms with E-state index in [1.54, 1.807) is 0 Å². The van der Waals surface area contributed by atoms with E-state index in [0.717, 1.165) is 17.9 Å². The van der Waals surface area contributed by atoms with E-state index in [-0.39, 0.29) is 11.5 Å². The van der Waals surface area contributed by atoms with Crippen molar-refractivity contribution in [1.29, 1.82) is 0 Å². The Bertz CT molecular complexity index is 846. The third-order valence-corrected chi connectivity index (χ3v) is 4.78. The normalized spacial score (nSPS) is 15.9. The maximum atomic E-state index is 11.6. The van der Waals surface area contributed by atoms with Crippen molar-refractivity contribution in [3.05, 3.63) is 40.4 Å². The lowest BCUT2D eigenvalue weighted by Crippen LogP contribution is -2.29. The van der Waals surface area contributed by atoms with Crippen LogP contribution in [-0.2, 0) is 21.4 Å². The van der Waals surface area contributed by atoms with Crippen molar-refractivity contribution in [3.8, 4) is 5.75 Å². The Hall–Kier alpha value is -2.59. The largest absolute Gasteiger partial charge is 0.494 e. The second-order valence-electron chi connectivity index (χ2n) is 5.98. The first-order valence-corrected chi connectivity index (χ1v) is 9.33. The molecule has 0 bridgehead atoms. The van der Waals surface area contributed by atoms with Gasteiger partial charge in [-0.25, -0.2) is 4.79 Å². The van der Waals surface area contributed by atoms with E-state index in [1.807, 2.05) is 38.4 Å². The van der Waals surface area contributed by atoms with Gasteiger partial charge >= 0.3 is 5.97 Å². The van der Waals surface area contributed by atoms with Gasteiger partial charge in [0.15, 0.2) is 5.84 Å². The predicted octanol–water partition coefficient (Wildman–Crippen LogP) is 0.104. The number of carbonyl (C=O) groups is 1. The van der Waals surface area contributed by atoms with Crippen LogP contribution < -0.4 is 15.8 Å². The molecular formula is C16H22N4O5S. The minimum Gasteiger partial charge on any atom is -0.494 e. The molecule has 26 heavy (non-hydrogen) atoms. The molecule has 142 valence electrons. The SMILES string of the molecule is CN(C)Cc1cccc(OCCCNC2=NS(=O)(=O)C(C(=O)O)=C2N)c1. The van der Waals surface area contributed by atoms with E-state index >= 15 is 0 Å². The topological polar surface area (TPSA) is 134 Å². The molecule has 0 atom stereocenters. The molecule has 0 fully saturated rings. The molecule has 1 aliphatic heterocycles. The van der Waals surface area contributed by atoms with Crippen molar-refractivity contribution in [2.45, 2.75) is 13.0 Å². The molecule has 1 heterocycles. The summed E-state index contributed by atoms with van der Waals surface area (Å²) in [7, 11) is -0.266. The molecule has 1 aromatic carbocycles. The van der Waals surface area contributed by atoms with Crippen LogP contribution >= 0.6 is 0 Å². The number of hydrogen-bond donors (Lipinski definition) is 3. The molecule has 10 heteroatoms. The summed E-state index contributed by atoms with van der Waals surface area (Å²) in [6.45, 7) is 1.54. The number of carboxylic acid groups (broad SMARTS) is 1. The first-order chi connectivity index (χ1) is 12.2.